The highest BCUT2D eigenvalue weighted by atomic mass is 16.5. The first-order valence-corrected chi connectivity index (χ1v) is 6.87. The lowest BCUT2D eigenvalue weighted by Gasteiger charge is -2.13. The van der Waals surface area contributed by atoms with Crippen LogP contribution in [0.2, 0.25) is 0 Å². The Kier molecular flexibility index (Phi) is 5.46. The molecule has 1 atom stereocenters. The average molecular weight is 288 g/mol. The molecule has 0 amide bonds. The Bertz CT molecular complexity index is 549. The SMILES string of the molecule is COc1ccc(OCCOc2ccccc2[C@H](C)O)cc1. The second-order valence-electron chi connectivity index (χ2n) is 4.59. The van der Waals surface area contributed by atoms with Gasteiger partial charge in [0.25, 0.3) is 0 Å². The highest BCUT2D eigenvalue weighted by molar-refractivity contribution is 5.34. The van der Waals surface area contributed by atoms with Crippen molar-refractivity contribution in [2.24, 2.45) is 0 Å². The molecule has 0 unspecified atom stereocenters. The lowest BCUT2D eigenvalue weighted by molar-refractivity contribution is 0.182. The quantitative estimate of drug-likeness (QED) is 0.795. The maximum atomic E-state index is 9.67. The van der Waals surface area contributed by atoms with Crippen LogP contribution in [0.3, 0.4) is 0 Å². The Morgan fingerprint density at radius 1 is 0.905 bits per heavy atom. The standard InChI is InChI=1S/C17H20O4/c1-13(18)16-5-3-4-6-17(16)21-12-11-20-15-9-7-14(19-2)8-10-15/h3-10,13,18H,11-12H2,1-2H3/t13-/m0/s1. The summed E-state index contributed by atoms with van der Waals surface area (Å²) < 4.78 is 16.3. The van der Waals surface area contributed by atoms with Gasteiger partial charge in [-0.15, -0.1) is 0 Å². The minimum Gasteiger partial charge on any atom is -0.497 e. The van der Waals surface area contributed by atoms with E-state index >= 15 is 0 Å². The van der Waals surface area contributed by atoms with E-state index in [0.717, 1.165) is 17.1 Å². The average Bonchev–Trinajstić information content (AvgIpc) is 2.52. The fraction of sp³-hybridized carbons (Fsp3) is 0.294. The number of benzene rings is 2. The van der Waals surface area contributed by atoms with Gasteiger partial charge in [0.05, 0.1) is 13.2 Å². The molecule has 21 heavy (non-hydrogen) atoms. The summed E-state index contributed by atoms with van der Waals surface area (Å²) >= 11 is 0. The minimum atomic E-state index is -0.552. The van der Waals surface area contributed by atoms with Crippen molar-refractivity contribution in [3.05, 3.63) is 54.1 Å². The van der Waals surface area contributed by atoms with Gasteiger partial charge in [-0.2, -0.15) is 0 Å². The number of aliphatic hydroxyl groups excluding tert-OH is 1. The van der Waals surface area contributed by atoms with Crippen molar-refractivity contribution in [3.8, 4) is 17.2 Å². The first kappa shape index (κ1) is 15.2. The summed E-state index contributed by atoms with van der Waals surface area (Å²) in [5.41, 5.74) is 0.780. The number of hydrogen-bond acceptors (Lipinski definition) is 4. The zero-order valence-electron chi connectivity index (χ0n) is 12.3. The van der Waals surface area contributed by atoms with Crippen LogP contribution in [-0.4, -0.2) is 25.4 Å². The Labute approximate surface area is 124 Å². The molecule has 2 aromatic rings. The van der Waals surface area contributed by atoms with Crippen LogP contribution in [0.4, 0.5) is 0 Å². The molecule has 0 radical (unpaired) electrons. The van der Waals surface area contributed by atoms with Crippen molar-refractivity contribution in [3.63, 3.8) is 0 Å². The first-order valence-electron chi connectivity index (χ1n) is 6.87. The molecule has 2 rings (SSSR count). The second kappa shape index (κ2) is 7.55. The Balaban J connectivity index is 1.82. The van der Waals surface area contributed by atoms with E-state index in [0.29, 0.717) is 19.0 Å². The molecule has 0 fully saturated rings. The third kappa shape index (κ3) is 4.39. The summed E-state index contributed by atoms with van der Waals surface area (Å²) in [7, 11) is 1.63. The maximum absolute atomic E-state index is 9.67. The molecule has 0 spiro atoms. The molecule has 4 heteroatoms. The van der Waals surface area contributed by atoms with Crippen LogP contribution in [0, 0.1) is 0 Å². The van der Waals surface area contributed by atoms with Crippen molar-refractivity contribution in [2.75, 3.05) is 20.3 Å². The van der Waals surface area contributed by atoms with Gasteiger partial charge in [0.15, 0.2) is 0 Å². The highest BCUT2D eigenvalue weighted by Gasteiger charge is 2.07. The predicted molar refractivity (Wildman–Crippen MR) is 81.1 cm³/mol. The van der Waals surface area contributed by atoms with Crippen molar-refractivity contribution >= 4 is 0 Å². The summed E-state index contributed by atoms with van der Waals surface area (Å²) in [4.78, 5) is 0. The van der Waals surface area contributed by atoms with E-state index in [-0.39, 0.29) is 0 Å². The third-order valence-electron chi connectivity index (χ3n) is 3.04. The number of hydrogen-bond donors (Lipinski definition) is 1. The summed E-state index contributed by atoms with van der Waals surface area (Å²) in [6.45, 7) is 2.56. The van der Waals surface area contributed by atoms with E-state index in [4.69, 9.17) is 14.2 Å². The van der Waals surface area contributed by atoms with Crippen molar-refractivity contribution in [1.82, 2.24) is 0 Å². The number of ether oxygens (including phenoxy) is 3. The number of methoxy groups -OCH3 is 1. The summed E-state index contributed by atoms with van der Waals surface area (Å²) in [5.74, 6) is 2.25. The van der Waals surface area contributed by atoms with E-state index in [1.54, 1.807) is 14.0 Å². The van der Waals surface area contributed by atoms with Crippen LogP contribution in [0.1, 0.15) is 18.6 Å². The molecule has 0 bridgehead atoms. The van der Waals surface area contributed by atoms with E-state index in [1.807, 2.05) is 48.5 Å². The van der Waals surface area contributed by atoms with E-state index in [9.17, 15) is 5.11 Å². The number of rotatable bonds is 7. The van der Waals surface area contributed by atoms with Gasteiger partial charge in [0.2, 0.25) is 0 Å². The molecule has 0 saturated carbocycles. The van der Waals surface area contributed by atoms with Crippen molar-refractivity contribution < 1.29 is 19.3 Å². The number of aliphatic hydroxyl groups is 1. The molecule has 0 aliphatic heterocycles. The summed E-state index contributed by atoms with van der Waals surface area (Å²) in [5, 5.41) is 9.67. The van der Waals surface area contributed by atoms with Crippen LogP contribution in [0.25, 0.3) is 0 Å². The number of para-hydroxylation sites is 1. The lowest BCUT2D eigenvalue weighted by Crippen LogP contribution is -2.10. The van der Waals surface area contributed by atoms with Crippen molar-refractivity contribution in [2.45, 2.75) is 13.0 Å². The predicted octanol–water partition coefficient (Wildman–Crippen LogP) is 3.21. The monoisotopic (exact) mass is 288 g/mol. The van der Waals surface area contributed by atoms with Gasteiger partial charge >= 0.3 is 0 Å². The molecule has 1 N–H and O–H groups in total. The van der Waals surface area contributed by atoms with Crippen LogP contribution >= 0.6 is 0 Å². The molecule has 2 aromatic carbocycles. The van der Waals surface area contributed by atoms with Gasteiger partial charge in [-0.05, 0) is 37.3 Å². The lowest BCUT2D eigenvalue weighted by atomic mass is 10.1. The van der Waals surface area contributed by atoms with Gasteiger partial charge in [0, 0.05) is 5.56 Å². The third-order valence-corrected chi connectivity index (χ3v) is 3.04. The normalized spacial score (nSPS) is 11.8. The van der Waals surface area contributed by atoms with Crippen LogP contribution in [-0.2, 0) is 0 Å². The van der Waals surface area contributed by atoms with E-state index < -0.39 is 6.10 Å². The van der Waals surface area contributed by atoms with Gasteiger partial charge in [-0.1, -0.05) is 18.2 Å². The first-order chi connectivity index (χ1) is 10.2. The largest absolute Gasteiger partial charge is 0.497 e. The molecule has 0 aliphatic rings. The fourth-order valence-electron chi connectivity index (χ4n) is 1.94. The second-order valence-corrected chi connectivity index (χ2v) is 4.59. The van der Waals surface area contributed by atoms with Crippen LogP contribution in [0.15, 0.2) is 48.5 Å². The zero-order valence-corrected chi connectivity index (χ0v) is 12.3. The Hall–Kier alpha value is -2.20. The molecule has 4 nitrogen and oxygen atoms in total. The summed E-state index contributed by atoms with van der Waals surface area (Å²) in [6.07, 6.45) is -0.552. The topological polar surface area (TPSA) is 47.9 Å². The van der Waals surface area contributed by atoms with Gasteiger partial charge < -0.3 is 19.3 Å². The summed E-state index contributed by atoms with van der Waals surface area (Å²) in [6, 6.07) is 14.8. The molecular formula is C17H20O4. The molecule has 0 heterocycles. The molecule has 0 saturated heterocycles. The van der Waals surface area contributed by atoms with Gasteiger partial charge in [-0.25, -0.2) is 0 Å². The Morgan fingerprint density at radius 3 is 2.19 bits per heavy atom. The Morgan fingerprint density at radius 2 is 1.52 bits per heavy atom. The van der Waals surface area contributed by atoms with Crippen LogP contribution < -0.4 is 14.2 Å². The van der Waals surface area contributed by atoms with E-state index in [2.05, 4.69) is 0 Å². The smallest absolute Gasteiger partial charge is 0.125 e. The fourth-order valence-corrected chi connectivity index (χ4v) is 1.94. The van der Waals surface area contributed by atoms with Gasteiger partial charge in [0.1, 0.15) is 30.5 Å². The zero-order chi connectivity index (χ0) is 15.1. The minimum absolute atomic E-state index is 0.412. The molecule has 112 valence electrons. The molecule has 0 aliphatic carbocycles. The van der Waals surface area contributed by atoms with Crippen LogP contribution in [0.5, 0.6) is 17.2 Å². The maximum Gasteiger partial charge on any atom is 0.125 e. The molecule has 0 aromatic heterocycles. The van der Waals surface area contributed by atoms with E-state index in [1.165, 1.54) is 0 Å². The molecular weight excluding hydrogens is 268 g/mol. The van der Waals surface area contributed by atoms with Gasteiger partial charge in [-0.3, -0.25) is 0 Å². The van der Waals surface area contributed by atoms with Crippen molar-refractivity contribution in [1.29, 1.82) is 0 Å². The highest BCUT2D eigenvalue weighted by Crippen LogP contribution is 2.24.